The van der Waals surface area contributed by atoms with Crippen molar-refractivity contribution in [2.24, 2.45) is 0 Å². The Balaban J connectivity index is 1.95. The van der Waals surface area contributed by atoms with E-state index in [1.807, 2.05) is 6.92 Å². The summed E-state index contributed by atoms with van der Waals surface area (Å²) in [6.45, 7) is 3.10. The van der Waals surface area contributed by atoms with Crippen LogP contribution in [0.15, 0.2) is 23.8 Å². The molecular formula is C12H13N3O3S. The molecule has 2 heterocycles. The molecule has 0 fully saturated rings. The van der Waals surface area contributed by atoms with Crippen LogP contribution in [-0.4, -0.2) is 40.7 Å². The highest BCUT2D eigenvalue weighted by Crippen LogP contribution is 2.19. The van der Waals surface area contributed by atoms with Gasteiger partial charge in [0, 0.05) is 24.4 Å². The van der Waals surface area contributed by atoms with Crippen molar-refractivity contribution in [3.05, 3.63) is 29.5 Å². The summed E-state index contributed by atoms with van der Waals surface area (Å²) >= 11 is 1.31. The maximum absolute atomic E-state index is 11.7. The molecule has 6 nitrogen and oxygen atoms in total. The molecule has 2 aromatic heterocycles. The highest BCUT2D eigenvalue weighted by atomic mass is 32.1. The van der Waals surface area contributed by atoms with Crippen molar-refractivity contribution in [1.29, 1.82) is 0 Å². The lowest BCUT2D eigenvalue weighted by atomic mass is 10.5. The molecule has 0 aliphatic rings. The molecule has 2 rings (SSSR count). The van der Waals surface area contributed by atoms with Gasteiger partial charge in [-0.05, 0) is 13.0 Å². The first-order valence-corrected chi connectivity index (χ1v) is 6.67. The smallest absolute Gasteiger partial charge is 0.357 e. The average molecular weight is 279 g/mol. The quantitative estimate of drug-likeness (QED) is 0.593. The maximum atomic E-state index is 11.7. The Kier molecular flexibility index (Phi) is 4.93. The molecule has 0 aliphatic carbocycles. The molecule has 0 bridgehead atoms. The number of aromatic nitrogens is 3. The van der Waals surface area contributed by atoms with E-state index in [-0.39, 0.29) is 12.3 Å². The van der Waals surface area contributed by atoms with E-state index in [4.69, 9.17) is 9.47 Å². The van der Waals surface area contributed by atoms with Gasteiger partial charge in [-0.25, -0.2) is 19.7 Å². The minimum Gasteiger partial charge on any atom is -0.458 e. The average Bonchev–Trinajstić information content (AvgIpc) is 2.94. The lowest BCUT2D eigenvalue weighted by Gasteiger charge is -2.02. The van der Waals surface area contributed by atoms with Gasteiger partial charge in [0.1, 0.15) is 6.61 Å². The van der Waals surface area contributed by atoms with Crippen LogP contribution in [0, 0.1) is 0 Å². The van der Waals surface area contributed by atoms with Gasteiger partial charge in [0.15, 0.2) is 16.5 Å². The Morgan fingerprint density at radius 3 is 2.84 bits per heavy atom. The zero-order valence-corrected chi connectivity index (χ0v) is 11.2. The number of rotatable bonds is 6. The lowest BCUT2D eigenvalue weighted by Crippen LogP contribution is -2.11. The second-order valence-corrected chi connectivity index (χ2v) is 4.30. The minimum absolute atomic E-state index is 0.224. The van der Waals surface area contributed by atoms with Crippen LogP contribution in [0.2, 0.25) is 0 Å². The predicted octanol–water partition coefficient (Wildman–Crippen LogP) is 1.79. The first-order chi connectivity index (χ1) is 9.31. The Bertz CT molecular complexity index is 530. The molecule has 0 atom stereocenters. The largest absolute Gasteiger partial charge is 0.458 e. The van der Waals surface area contributed by atoms with E-state index in [1.165, 1.54) is 11.3 Å². The summed E-state index contributed by atoms with van der Waals surface area (Å²) in [5.41, 5.74) is 0.268. The molecule has 0 spiro atoms. The van der Waals surface area contributed by atoms with Crippen LogP contribution in [0.5, 0.6) is 0 Å². The monoisotopic (exact) mass is 279 g/mol. The predicted molar refractivity (Wildman–Crippen MR) is 69.9 cm³/mol. The summed E-state index contributed by atoms with van der Waals surface area (Å²) in [7, 11) is 0. The summed E-state index contributed by atoms with van der Waals surface area (Å²) in [5, 5.41) is 2.23. The zero-order chi connectivity index (χ0) is 13.5. The van der Waals surface area contributed by atoms with E-state index in [0.29, 0.717) is 24.0 Å². The third-order valence-electron chi connectivity index (χ3n) is 2.14. The van der Waals surface area contributed by atoms with Gasteiger partial charge in [0.2, 0.25) is 0 Å². The molecular weight excluding hydrogens is 266 g/mol. The minimum atomic E-state index is -0.460. The van der Waals surface area contributed by atoms with Crippen molar-refractivity contribution >= 4 is 17.3 Å². The van der Waals surface area contributed by atoms with Crippen molar-refractivity contribution in [3.63, 3.8) is 0 Å². The van der Waals surface area contributed by atoms with Gasteiger partial charge in [0.25, 0.3) is 0 Å². The number of hydrogen-bond acceptors (Lipinski definition) is 7. The third-order valence-corrected chi connectivity index (χ3v) is 2.97. The van der Waals surface area contributed by atoms with E-state index in [0.717, 1.165) is 0 Å². The van der Waals surface area contributed by atoms with Crippen molar-refractivity contribution in [3.8, 4) is 10.8 Å². The molecule has 0 radical (unpaired) electrons. The molecule has 100 valence electrons. The summed E-state index contributed by atoms with van der Waals surface area (Å²) in [6.07, 6.45) is 3.26. The van der Waals surface area contributed by atoms with Gasteiger partial charge in [-0.1, -0.05) is 0 Å². The number of nitrogens with zero attached hydrogens (tertiary/aromatic N) is 3. The number of esters is 1. The number of carbonyl (C=O) groups is 1. The molecule has 0 amide bonds. The van der Waals surface area contributed by atoms with E-state index >= 15 is 0 Å². The standard InChI is InChI=1S/C12H13N3O3S/c1-2-17-6-7-18-12(16)9-8-19-11(15-9)10-13-4-3-5-14-10/h3-5,8H,2,6-7H2,1H3. The molecule has 0 unspecified atom stereocenters. The number of carbonyl (C=O) groups excluding carboxylic acids is 1. The highest BCUT2D eigenvalue weighted by Gasteiger charge is 2.14. The first-order valence-electron chi connectivity index (χ1n) is 5.79. The van der Waals surface area contributed by atoms with E-state index in [1.54, 1.807) is 23.8 Å². The zero-order valence-electron chi connectivity index (χ0n) is 10.4. The van der Waals surface area contributed by atoms with Gasteiger partial charge in [-0.2, -0.15) is 0 Å². The van der Waals surface area contributed by atoms with Gasteiger partial charge < -0.3 is 9.47 Å². The fraction of sp³-hybridized carbons (Fsp3) is 0.333. The first kappa shape index (κ1) is 13.6. The number of thiazole rings is 1. The van der Waals surface area contributed by atoms with Crippen LogP contribution in [0.3, 0.4) is 0 Å². The Morgan fingerprint density at radius 2 is 2.11 bits per heavy atom. The Hall–Kier alpha value is -1.86. The van der Waals surface area contributed by atoms with Crippen LogP contribution in [-0.2, 0) is 9.47 Å². The van der Waals surface area contributed by atoms with Gasteiger partial charge in [-0.3, -0.25) is 0 Å². The molecule has 7 heteroatoms. The molecule has 2 aromatic rings. The highest BCUT2D eigenvalue weighted by molar-refractivity contribution is 7.13. The van der Waals surface area contributed by atoms with Crippen LogP contribution < -0.4 is 0 Å². The van der Waals surface area contributed by atoms with Gasteiger partial charge >= 0.3 is 5.97 Å². The summed E-state index contributed by atoms with van der Waals surface area (Å²) in [5.74, 6) is 0.0407. The molecule has 0 saturated carbocycles. The van der Waals surface area contributed by atoms with Crippen molar-refractivity contribution in [2.75, 3.05) is 19.8 Å². The summed E-state index contributed by atoms with van der Waals surface area (Å²) < 4.78 is 10.1. The van der Waals surface area contributed by atoms with Crippen molar-refractivity contribution in [2.45, 2.75) is 6.92 Å². The Labute approximate surface area is 114 Å². The van der Waals surface area contributed by atoms with Crippen LogP contribution >= 0.6 is 11.3 Å². The van der Waals surface area contributed by atoms with E-state index < -0.39 is 5.97 Å². The van der Waals surface area contributed by atoms with Crippen LogP contribution in [0.1, 0.15) is 17.4 Å². The SMILES string of the molecule is CCOCCOC(=O)c1csc(-c2ncccn2)n1. The fourth-order valence-corrected chi connectivity index (χ4v) is 2.03. The molecule has 0 saturated heterocycles. The molecule has 0 aliphatic heterocycles. The molecule has 0 aromatic carbocycles. The lowest BCUT2D eigenvalue weighted by molar-refractivity contribution is 0.0330. The molecule has 19 heavy (non-hydrogen) atoms. The summed E-state index contributed by atoms with van der Waals surface area (Å²) in [4.78, 5) is 24.0. The van der Waals surface area contributed by atoms with Crippen molar-refractivity contribution < 1.29 is 14.3 Å². The second kappa shape index (κ2) is 6.91. The topological polar surface area (TPSA) is 74.2 Å². The Morgan fingerprint density at radius 1 is 1.32 bits per heavy atom. The fourth-order valence-electron chi connectivity index (χ4n) is 1.29. The normalized spacial score (nSPS) is 10.4. The van der Waals surface area contributed by atoms with Gasteiger partial charge in [0.05, 0.1) is 6.61 Å². The van der Waals surface area contributed by atoms with Crippen molar-refractivity contribution in [1.82, 2.24) is 15.0 Å². The number of hydrogen-bond donors (Lipinski definition) is 0. The van der Waals surface area contributed by atoms with Gasteiger partial charge in [-0.15, -0.1) is 11.3 Å². The van der Waals surface area contributed by atoms with E-state index in [2.05, 4.69) is 15.0 Å². The number of ether oxygens (including phenoxy) is 2. The third kappa shape index (κ3) is 3.80. The molecule has 0 N–H and O–H groups in total. The summed E-state index contributed by atoms with van der Waals surface area (Å²) in [6, 6.07) is 1.72. The van der Waals surface area contributed by atoms with Crippen LogP contribution in [0.4, 0.5) is 0 Å². The van der Waals surface area contributed by atoms with Crippen LogP contribution in [0.25, 0.3) is 10.8 Å². The second-order valence-electron chi connectivity index (χ2n) is 3.44. The van der Waals surface area contributed by atoms with E-state index in [9.17, 15) is 4.79 Å². The maximum Gasteiger partial charge on any atom is 0.357 e.